The van der Waals surface area contributed by atoms with Crippen LogP contribution in [0.15, 0.2) is 47.5 Å². The van der Waals surface area contributed by atoms with E-state index in [9.17, 15) is 53.3 Å². The van der Waals surface area contributed by atoms with Gasteiger partial charge in [0.2, 0.25) is 41.4 Å². The van der Waals surface area contributed by atoms with Crippen LogP contribution in [0.5, 0.6) is 5.75 Å². The van der Waals surface area contributed by atoms with E-state index in [-0.39, 0.29) is 35.9 Å². The standard InChI is InChI=1S/C51H65N9O14S/c1-7-26(4)28(6)45-40(62)17-29-16-35-34-14-9-25(3)15-36(34)56-49(35)75-24-37(55-42(64)21-54-48(68)44(27(5)8-2)57-43(65)22-53-46(29)66)39(61)18-30(19-41(52)63)50(69)59-23-33(20-38(59)47(67)58-45)74-51(70)73-32-12-10-31(11-13-32)60(71)72/h9-15,26-30,33,37-38,44-45,56H,7-8,16-24H2,1-6H3,(H2,52,63)(H,53,66)(H,54,68)(H,55,64)(H,57,65)(H,58,67)/t26-,27-,28-,29+,30-,33+,37-,38?,44-,45-/m0/s1. The van der Waals surface area contributed by atoms with E-state index in [2.05, 4.69) is 31.6 Å². The Morgan fingerprint density at radius 3 is 2.17 bits per heavy atom. The number of carbonyl (C=O) groups excluding carboxylic acids is 10. The van der Waals surface area contributed by atoms with Crippen molar-refractivity contribution in [1.29, 1.82) is 0 Å². The normalized spacial score (nSPS) is 25.0. The number of aromatic nitrogens is 1. The number of fused-ring (bicyclic) bond motifs is 5. The molecule has 10 atom stereocenters. The molecule has 3 aliphatic heterocycles. The Kier molecular flexibility index (Phi) is 19.2. The molecule has 6 rings (SSSR count). The van der Waals surface area contributed by atoms with Crippen LogP contribution in [0.4, 0.5) is 10.5 Å². The zero-order valence-corrected chi connectivity index (χ0v) is 43.5. The van der Waals surface area contributed by atoms with Crippen molar-refractivity contribution in [3.05, 3.63) is 63.7 Å². The lowest BCUT2D eigenvalue weighted by atomic mass is 9.81. The maximum atomic E-state index is 15.1. The SMILES string of the molecule is CC[C@H](C)[C@H](C)[C@@H]1NC(=O)C2C[C@@H](OC(=O)Oc3ccc([N+](=O)[O-])cc3)CN2C(=O)[C@H](CC(N)=O)CC(=O)[C@@H]2CSc3[nH]c4cc(C)ccc4c3C[C@H](CC1=O)C(=O)NCC(=O)N[C@@H]([C@@H](C)CC)C(=O)NCC(=O)N2. The third-order valence-electron chi connectivity index (χ3n) is 14.4. The predicted octanol–water partition coefficient (Wildman–Crippen LogP) is 2.67. The number of aromatic amines is 1. The second-order valence-corrected chi connectivity index (χ2v) is 20.7. The number of rotatable bonds is 10. The molecule has 3 aromatic rings. The van der Waals surface area contributed by atoms with Crippen molar-refractivity contribution in [1.82, 2.24) is 36.5 Å². The number of nitrogens with two attached hydrogens (primary N) is 1. The van der Waals surface area contributed by atoms with Crippen LogP contribution in [0.3, 0.4) is 0 Å². The number of hydrogen-bond donors (Lipinski definition) is 7. The Balaban J connectivity index is 1.47. The lowest BCUT2D eigenvalue weighted by molar-refractivity contribution is -0.384. The minimum atomic E-state index is -1.54. The van der Waals surface area contributed by atoms with E-state index in [1.807, 2.05) is 39.0 Å². The van der Waals surface area contributed by atoms with E-state index in [4.69, 9.17) is 15.2 Å². The Labute approximate surface area is 436 Å². The number of benzene rings is 2. The number of nitrogens with zero attached hydrogens (tertiary/aromatic N) is 2. The van der Waals surface area contributed by atoms with E-state index < -0.39 is 157 Å². The van der Waals surface area contributed by atoms with Crippen LogP contribution in [0.2, 0.25) is 0 Å². The molecule has 1 fully saturated rings. The Bertz CT molecular complexity index is 2710. The van der Waals surface area contributed by atoms with Gasteiger partial charge in [0.25, 0.3) is 5.69 Å². The number of nitro benzene ring substituents is 1. The van der Waals surface area contributed by atoms with Crippen molar-refractivity contribution in [2.75, 3.05) is 25.4 Å². The van der Waals surface area contributed by atoms with E-state index in [1.165, 1.54) is 0 Å². The second-order valence-electron chi connectivity index (χ2n) is 19.7. The molecule has 0 radical (unpaired) electrons. The number of H-pyrrole nitrogens is 1. The molecular formula is C51H65N9O14S. The average Bonchev–Trinajstić information content (AvgIpc) is 3.94. The average molecular weight is 1060 g/mol. The number of carbonyl (C=O) groups is 10. The summed E-state index contributed by atoms with van der Waals surface area (Å²) in [7, 11) is 0. The molecule has 4 heterocycles. The summed E-state index contributed by atoms with van der Waals surface area (Å²) in [4.78, 5) is 156. The van der Waals surface area contributed by atoms with Gasteiger partial charge < -0.3 is 51.7 Å². The summed E-state index contributed by atoms with van der Waals surface area (Å²) in [6.45, 7) is 9.25. The maximum Gasteiger partial charge on any atom is 0.514 e. The first-order valence-corrected chi connectivity index (χ1v) is 26.0. The van der Waals surface area contributed by atoms with Crippen LogP contribution >= 0.6 is 11.8 Å². The number of ether oxygens (including phenoxy) is 2. The largest absolute Gasteiger partial charge is 0.514 e. The number of non-ortho nitro benzene ring substituents is 1. The molecule has 1 aromatic heterocycles. The van der Waals surface area contributed by atoms with E-state index in [0.29, 0.717) is 34.3 Å². The van der Waals surface area contributed by atoms with Crippen molar-refractivity contribution in [3.63, 3.8) is 0 Å². The summed E-state index contributed by atoms with van der Waals surface area (Å²) in [5, 5.41) is 25.7. The highest BCUT2D eigenvalue weighted by Gasteiger charge is 2.46. The summed E-state index contributed by atoms with van der Waals surface area (Å²) in [5.74, 6) is -11.2. The van der Waals surface area contributed by atoms with Crippen LogP contribution < -0.4 is 37.1 Å². The van der Waals surface area contributed by atoms with Gasteiger partial charge in [-0.15, -0.1) is 11.8 Å². The van der Waals surface area contributed by atoms with Crippen molar-refractivity contribution < 1.29 is 62.3 Å². The Morgan fingerprint density at radius 1 is 0.840 bits per heavy atom. The number of aryl methyl sites for hydroxylation is 1. The number of primary amides is 1. The summed E-state index contributed by atoms with van der Waals surface area (Å²) in [6.07, 6.45) is -3.87. The molecule has 3 aliphatic rings. The maximum absolute atomic E-state index is 15.1. The molecule has 0 spiro atoms. The topological polar surface area (TPSA) is 337 Å². The zero-order valence-electron chi connectivity index (χ0n) is 42.7. The molecule has 0 aliphatic carbocycles. The molecule has 8 N–H and O–H groups in total. The zero-order chi connectivity index (χ0) is 54.8. The fourth-order valence-electron chi connectivity index (χ4n) is 9.52. The van der Waals surface area contributed by atoms with Crippen molar-refractivity contribution >= 4 is 87.4 Å². The predicted molar refractivity (Wildman–Crippen MR) is 271 cm³/mol. The van der Waals surface area contributed by atoms with E-state index >= 15 is 4.79 Å². The smallest absolute Gasteiger partial charge is 0.429 e. The summed E-state index contributed by atoms with van der Waals surface area (Å²) >= 11 is 1.11. The fourth-order valence-corrected chi connectivity index (χ4v) is 10.7. The van der Waals surface area contributed by atoms with Crippen LogP contribution in [0, 0.1) is 46.6 Å². The molecule has 1 saturated heterocycles. The minimum absolute atomic E-state index is 0.0909. The number of ketones is 2. The third-order valence-corrected chi connectivity index (χ3v) is 15.5. The van der Waals surface area contributed by atoms with Gasteiger partial charge in [-0.1, -0.05) is 59.6 Å². The van der Waals surface area contributed by atoms with Crippen LogP contribution in [0.25, 0.3) is 10.9 Å². The first-order chi connectivity index (χ1) is 35.6. The number of Topliss-reactive ketones (excluding diaryl/α,β-unsaturated/α-hetero) is 2. The first-order valence-electron chi connectivity index (χ1n) is 25.0. The minimum Gasteiger partial charge on any atom is -0.429 e. The molecule has 24 heteroatoms. The molecule has 75 heavy (non-hydrogen) atoms. The number of hydrogen-bond acceptors (Lipinski definition) is 15. The summed E-state index contributed by atoms with van der Waals surface area (Å²) in [6, 6.07) is 4.79. The van der Waals surface area contributed by atoms with Gasteiger partial charge in [-0.2, -0.15) is 0 Å². The second kappa shape index (κ2) is 25.2. The van der Waals surface area contributed by atoms with Crippen LogP contribution in [0.1, 0.15) is 84.3 Å². The Hall–Kier alpha value is -7.37. The molecule has 1 unspecified atom stereocenters. The molecule has 2 bridgehead atoms. The molecule has 7 amide bonds. The lowest BCUT2D eigenvalue weighted by Crippen LogP contribution is -2.56. The number of nitro groups is 1. The van der Waals surface area contributed by atoms with Gasteiger partial charge in [0.1, 0.15) is 23.9 Å². The number of amides is 7. The molecule has 0 saturated carbocycles. The van der Waals surface area contributed by atoms with Gasteiger partial charge >= 0.3 is 6.16 Å². The number of nitrogens with one attached hydrogen (secondary N) is 6. The van der Waals surface area contributed by atoms with Crippen LogP contribution in [-0.4, -0.2) is 130 Å². The van der Waals surface area contributed by atoms with Crippen molar-refractivity contribution in [2.24, 2.45) is 35.3 Å². The molecular weight excluding hydrogens is 995 g/mol. The number of thioether (sulfide) groups is 1. The first kappa shape index (κ1) is 56.9. The monoisotopic (exact) mass is 1060 g/mol. The highest BCUT2D eigenvalue weighted by Crippen LogP contribution is 2.35. The van der Waals surface area contributed by atoms with Gasteiger partial charge in [-0.05, 0) is 60.4 Å². The lowest BCUT2D eigenvalue weighted by Gasteiger charge is -2.33. The van der Waals surface area contributed by atoms with Gasteiger partial charge in [-0.25, -0.2) is 4.79 Å². The highest BCUT2D eigenvalue weighted by atomic mass is 32.2. The van der Waals surface area contributed by atoms with E-state index in [1.54, 1.807) is 20.8 Å². The molecule has 404 valence electrons. The van der Waals surface area contributed by atoms with Gasteiger partial charge in [0.15, 0.2) is 11.6 Å². The Morgan fingerprint density at radius 2 is 1.52 bits per heavy atom. The molecule has 2 aromatic carbocycles. The summed E-state index contributed by atoms with van der Waals surface area (Å²) in [5.41, 5.74) is 7.55. The third kappa shape index (κ3) is 14.5. The highest BCUT2D eigenvalue weighted by molar-refractivity contribution is 7.99. The van der Waals surface area contributed by atoms with Gasteiger partial charge in [0, 0.05) is 60.4 Å². The van der Waals surface area contributed by atoms with Crippen molar-refractivity contribution in [3.8, 4) is 5.75 Å². The van der Waals surface area contributed by atoms with Crippen molar-refractivity contribution in [2.45, 2.75) is 122 Å². The van der Waals surface area contributed by atoms with Crippen LogP contribution in [-0.2, 0) is 54.3 Å². The van der Waals surface area contributed by atoms with Gasteiger partial charge in [-0.3, -0.25) is 53.3 Å². The van der Waals surface area contributed by atoms with E-state index in [0.717, 1.165) is 46.5 Å². The quantitative estimate of drug-likeness (QED) is 0.0664. The fraction of sp³-hybridized carbons (Fsp3) is 0.529. The van der Waals surface area contributed by atoms with Gasteiger partial charge in [0.05, 0.1) is 47.6 Å². The summed E-state index contributed by atoms with van der Waals surface area (Å²) < 4.78 is 10.8. The molecule has 23 nitrogen and oxygen atoms in total.